The molecule has 0 unspecified atom stereocenters. The molecule has 5 aromatic rings. The number of hydrogen-bond acceptors (Lipinski definition) is 6. The number of aliphatic hydroxyl groups is 3. The van der Waals surface area contributed by atoms with Gasteiger partial charge < -0.3 is 29.6 Å². The zero-order valence-electron chi connectivity index (χ0n) is 19.2. The number of carbonyl (C=O) groups excluding carboxylic acids is 2. The molecule has 2 amide bonds. The molecule has 5 atom stereocenters. The van der Waals surface area contributed by atoms with E-state index in [2.05, 4.69) is 10.3 Å². The molecule has 3 aromatic carbocycles. The molecular formula is C26H18F3N3O6. The lowest BCUT2D eigenvalue weighted by Crippen LogP contribution is -2.54. The number of benzene rings is 3. The largest absolute Gasteiger partial charge is 0.394 e. The molecule has 0 aliphatic carbocycles. The highest BCUT2D eigenvalue weighted by Crippen LogP contribution is 2.46. The Morgan fingerprint density at radius 3 is 2.34 bits per heavy atom. The number of aromatic amines is 1. The van der Waals surface area contributed by atoms with Gasteiger partial charge in [-0.15, -0.1) is 0 Å². The van der Waals surface area contributed by atoms with Crippen LogP contribution in [0.15, 0.2) is 36.4 Å². The summed E-state index contributed by atoms with van der Waals surface area (Å²) in [5.74, 6) is -2.65. The van der Waals surface area contributed by atoms with Crippen molar-refractivity contribution in [2.45, 2.75) is 30.7 Å². The fraction of sp³-hybridized carbons (Fsp3) is 0.231. The lowest BCUT2D eigenvalue weighted by molar-refractivity contribution is -0.233. The SMILES string of the molecule is O=C1NC(=O)c2c1c1c3ccc(F)cc3[nH]c1c1c2c2cc(F)ccc2n1[C@@H]1O[C@H](CO)[C@@H](F)[C@H](O)[C@H]1O. The van der Waals surface area contributed by atoms with Crippen molar-refractivity contribution in [3.8, 4) is 0 Å². The summed E-state index contributed by atoms with van der Waals surface area (Å²) in [6, 6.07) is 7.49. The van der Waals surface area contributed by atoms with Gasteiger partial charge in [-0.25, -0.2) is 13.2 Å². The number of carbonyl (C=O) groups is 2. The van der Waals surface area contributed by atoms with Crippen LogP contribution < -0.4 is 5.32 Å². The topological polar surface area (TPSA) is 137 Å². The van der Waals surface area contributed by atoms with Crippen molar-refractivity contribution in [1.29, 1.82) is 0 Å². The Kier molecular flexibility index (Phi) is 4.74. The van der Waals surface area contributed by atoms with E-state index >= 15 is 0 Å². The maximum absolute atomic E-state index is 14.6. The Labute approximate surface area is 210 Å². The highest BCUT2D eigenvalue weighted by atomic mass is 19.1. The normalized spacial score (nSPS) is 25.7. The van der Waals surface area contributed by atoms with E-state index in [9.17, 15) is 38.1 Å². The van der Waals surface area contributed by atoms with Gasteiger partial charge in [0, 0.05) is 27.1 Å². The van der Waals surface area contributed by atoms with Gasteiger partial charge in [0.15, 0.2) is 12.4 Å². The highest BCUT2D eigenvalue weighted by molar-refractivity contribution is 6.39. The monoisotopic (exact) mass is 525 g/mol. The van der Waals surface area contributed by atoms with Gasteiger partial charge in [-0.1, -0.05) is 0 Å². The smallest absolute Gasteiger partial charge is 0.259 e. The quantitative estimate of drug-likeness (QED) is 0.225. The zero-order chi connectivity index (χ0) is 26.6. The standard InChI is InChI=1S/C26H18F3N3O6/c27-8-2-4-13-11(5-8)16-18-17(24(36)31-25(18)37)15-10-3-1-9(28)6-12(10)30-20(15)21(16)32(13)26-23(35)22(34)19(29)14(7-33)38-26/h1-6,14,19,22-23,26,30,33-35H,7H2,(H,31,36,37)/t14-,19-,22+,23-,26-/m1/s1. The summed E-state index contributed by atoms with van der Waals surface area (Å²) < 4.78 is 50.4. The van der Waals surface area contributed by atoms with E-state index in [0.29, 0.717) is 10.9 Å². The van der Waals surface area contributed by atoms with Crippen molar-refractivity contribution in [1.82, 2.24) is 14.9 Å². The number of H-pyrrole nitrogens is 1. The van der Waals surface area contributed by atoms with E-state index in [1.165, 1.54) is 28.8 Å². The van der Waals surface area contributed by atoms with Gasteiger partial charge in [0.2, 0.25) is 0 Å². The number of ether oxygens (including phenoxy) is 1. The van der Waals surface area contributed by atoms with E-state index in [0.717, 1.165) is 12.1 Å². The first-order valence-corrected chi connectivity index (χ1v) is 11.7. The number of fused-ring (bicyclic) bond motifs is 10. The molecule has 38 heavy (non-hydrogen) atoms. The van der Waals surface area contributed by atoms with Gasteiger partial charge in [0.1, 0.15) is 29.9 Å². The number of nitrogens with one attached hydrogen (secondary N) is 2. The second-order valence-corrected chi connectivity index (χ2v) is 9.53. The third-order valence-electron chi connectivity index (χ3n) is 7.47. The molecule has 1 saturated heterocycles. The van der Waals surface area contributed by atoms with Crippen molar-refractivity contribution in [3.05, 3.63) is 59.2 Å². The predicted molar refractivity (Wildman–Crippen MR) is 128 cm³/mol. The summed E-state index contributed by atoms with van der Waals surface area (Å²) in [7, 11) is 0. The summed E-state index contributed by atoms with van der Waals surface area (Å²) in [6.45, 7) is -0.805. The Bertz CT molecular complexity index is 1860. The Balaban J connectivity index is 1.72. The van der Waals surface area contributed by atoms with Crippen molar-refractivity contribution in [2.75, 3.05) is 6.61 Å². The maximum atomic E-state index is 14.6. The van der Waals surface area contributed by atoms with E-state index in [1.807, 2.05) is 0 Å². The first-order chi connectivity index (χ1) is 18.2. The van der Waals surface area contributed by atoms with Crippen molar-refractivity contribution < 1.29 is 42.8 Å². The van der Waals surface area contributed by atoms with E-state index in [1.54, 1.807) is 0 Å². The fourth-order valence-electron chi connectivity index (χ4n) is 5.86. The van der Waals surface area contributed by atoms with Crippen LogP contribution in [0.1, 0.15) is 26.9 Å². The summed E-state index contributed by atoms with van der Waals surface area (Å²) in [5.41, 5.74) is 0.913. The van der Waals surface area contributed by atoms with Gasteiger partial charge in [-0.2, -0.15) is 0 Å². The third-order valence-corrected chi connectivity index (χ3v) is 7.47. The first-order valence-electron chi connectivity index (χ1n) is 11.7. The number of aromatic nitrogens is 2. The molecule has 4 heterocycles. The zero-order valence-corrected chi connectivity index (χ0v) is 19.2. The Hall–Kier alpha value is -3.97. The Morgan fingerprint density at radius 1 is 0.921 bits per heavy atom. The molecule has 0 radical (unpaired) electrons. The van der Waals surface area contributed by atoms with Crippen LogP contribution >= 0.6 is 0 Å². The van der Waals surface area contributed by atoms with E-state index in [4.69, 9.17) is 4.74 Å². The molecule has 12 heteroatoms. The number of imide groups is 1. The second kappa shape index (κ2) is 7.77. The maximum Gasteiger partial charge on any atom is 0.259 e. The van der Waals surface area contributed by atoms with Crippen LogP contribution in [0.4, 0.5) is 13.2 Å². The van der Waals surface area contributed by atoms with Crippen LogP contribution in [-0.4, -0.2) is 67.8 Å². The molecule has 1 fully saturated rings. The summed E-state index contributed by atoms with van der Waals surface area (Å²) >= 11 is 0. The van der Waals surface area contributed by atoms with Crippen LogP contribution in [0.2, 0.25) is 0 Å². The van der Waals surface area contributed by atoms with Crippen molar-refractivity contribution >= 4 is 55.4 Å². The summed E-state index contributed by atoms with van der Waals surface area (Å²) in [6.07, 6.45) is -8.87. The van der Waals surface area contributed by atoms with Gasteiger partial charge in [0.25, 0.3) is 11.8 Å². The molecule has 0 bridgehead atoms. The van der Waals surface area contributed by atoms with Crippen LogP contribution in [0, 0.1) is 11.6 Å². The van der Waals surface area contributed by atoms with Crippen molar-refractivity contribution in [3.63, 3.8) is 0 Å². The average molecular weight is 525 g/mol. The number of halogens is 3. The van der Waals surface area contributed by atoms with Crippen LogP contribution in [0.3, 0.4) is 0 Å². The minimum atomic E-state index is -2.10. The molecule has 2 aliphatic rings. The molecule has 7 rings (SSSR count). The molecule has 2 aromatic heterocycles. The van der Waals surface area contributed by atoms with Gasteiger partial charge in [0.05, 0.1) is 34.3 Å². The van der Waals surface area contributed by atoms with Gasteiger partial charge in [-0.3, -0.25) is 14.9 Å². The van der Waals surface area contributed by atoms with Gasteiger partial charge in [-0.05, 0) is 36.4 Å². The van der Waals surface area contributed by atoms with Crippen LogP contribution in [0.5, 0.6) is 0 Å². The van der Waals surface area contributed by atoms with Gasteiger partial charge >= 0.3 is 0 Å². The number of aliphatic hydroxyl groups excluding tert-OH is 3. The number of nitrogens with zero attached hydrogens (tertiary/aromatic N) is 1. The lowest BCUT2D eigenvalue weighted by Gasteiger charge is -2.40. The molecule has 2 aliphatic heterocycles. The minimum Gasteiger partial charge on any atom is -0.394 e. The average Bonchev–Trinajstić information content (AvgIpc) is 3.51. The first kappa shape index (κ1) is 23.2. The number of amides is 2. The molecule has 194 valence electrons. The van der Waals surface area contributed by atoms with E-state index in [-0.39, 0.29) is 43.8 Å². The lowest BCUT2D eigenvalue weighted by atomic mass is 9.96. The Morgan fingerprint density at radius 2 is 1.61 bits per heavy atom. The number of alkyl halides is 1. The second-order valence-electron chi connectivity index (χ2n) is 9.53. The third kappa shape index (κ3) is 2.85. The predicted octanol–water partition coefficient (Wildman–Crippen LogP) is 2.54. The van der Waals surface area contributed by atoms with E-state index < -0.39 is 60.8 Å². The molecular weight excluding hydrogens is 507 g/mol. The van der Waals surface area contributed by atoms with Crippen LogP contribution in [0.25, 0.3) is 43.6 Å². The van der Waals surface area contributed by atoms with Crippen LogP contribution in [-0.2, 0) is 4.74 Å². The summed E-state index contributed by atoms with van der Waals surface area (Å²) in [5, 5.41) is 34.3. The molecule has 0 spiro atoms. The summed E-state index contributed by atoms with van der Waals surface area (Å²) in [4.78, 5) is 29.2. The number of rotatable bonds is 2. The molecule has 0 saturated carbocycles. The van der Waals surface area contributed by atoms with Crippen molar-refractivity contribution in [2.24, 2.45) is 0 Å². The minimum absolute atomic E-state index is 0.0147. The molecule has 9 nitrogen and oxygen atoms in total. The molecule has 5 N–H and O–H groups in total. The number of hydrogen-bond donors (Lipinski definition) is 5. The highest BCUT2D eigenvalue weighted by Gasteiger charge is 2.47. The fourth-order valence-corrected chi connectivity index (χ4v) is 5.86.